The SMILES string of the molecule is COCC(C)Cc1nnc(CCCC(=O)O)o1. The molecule has 0 aliphatic rings. The third-order valence-corrected chi connectivity index (χ3v) is 2.26. The van der Waals surface area contributed by atoms with Crippen molar-refractivity contribution in [2.75, 3.05) is 13.7 Å². The minimum atomic E-state index is -0.807. The fraction of sp³-hybridized carbons (Fsp3) is 0.727. The lowest BCUT2D eigenvalue weighted by Crippen LogP contribution is -2.07. The van der Waals surface area contributed by atoms with Gasteiger partial charge in [0.2, 0.25) is 11.8 Å². The maximum absolute atomic E-state index is 10.3. The van der Waals surface area contributed by atoms with Crippen LogP contribution in [-0.4, -0.2) is 35.0 Å². The van der Waals surface area contributed by atoms with Gasteiger partial charge in [-0.05, 0) is 12.3 Å². The molecule has 6 nitrogen and oxygen atoms in total. The van der Waals surface area contributed by atoms with Crippen LogP contribution >= 0.6 is 0 Å². The predicted molar refractivity (Wildman–Crippen MR) is 59.6 cm³/mol. The summed E-state index contributed by atoms with van der Waals surface area (Å²) in [4.78, 5) is 10.3. The van der Waals surface area contributed by atoms with Crippen LogP contribution in [0, 0.1) is 5.92 Å². The molecular weight excluding hydrogens is 224 g/mol. The van der Waals surface area contributed by atoms with E-state index < -0.39 is 5.97 Å². The van der Waals surface area contributed by atoms with Crippen LogP contribution in [0.15, 0.2) is 4.42 Å². The number of aliphatic carboxylic acids is 1. The number of hydrogen-bond acceptors (Lipinski definition) is 5. The lowest BCUT2D eigenvalue weighted by Gasteiger charge is -2.05. The quantitative estimate of drug-likeness (QED) is 0.739. The fourth-order valence-electron chi connectivity index (χ4n) is 1.50. The van der Waals surface area contributed by atoms with E-state index in [0.29, 0.717) is 43.6 Å². The van der Waals surface area contributed by atoms with Crippen molar-refractivity contribution in [2.45, 2.75) is 32.6 Å². The normalized spacial score (nSPS) is 12.6. The van der Waals surface area contributed by atoms with Gasteiger partial charge in [-0.1, -0.05) is 6.92 Å². The van der Waals surface area contributed by atoms with Gasteiger partial charge in [0.25, 0.3) is 0 Å². The summed E-state index contributed by atoms with van der Waals surface area (Å²) in [5.41, 5.74) is 0. The lowest BCUT2D eigenvalue weighted by molar-refractivity contribution is -0.137. The Morgan fingerprint density at radius 2 is 2.18 bits per heavy atom. The van der Waals surface area contributed by atoms with Gasteiger partial charge in [0.05, 0.1) is 0 Å². The zero-order valence-electron chi connectivity index (χ0n) is 10.2. The second kappa shape index (κ2) is 7.01. The molecule has 1 rings (SSSR count). The van der Waals surface area contributed by atoms with E-state index in [-0.39, 0.29) is 6.42 Å². The molecule has 0 saturated carbocycles. The first-order valence-corrected chi connectivity index (χ1v) is 5.63. The van der Waals surface area contributed by atoms with E-state index in [2.05, 4.69) is 10.2 Å². The first-order valence-electron chi connectivity index (χ1n) is 5.63. The molecule has 1 heterocycles. The van der Waals surface area contributed by atoms with Crippen molar-refractivity contribution >= 4 is 5.97 Å². The molecule has 0 saturated heterocycles. The van der Waals surface area contributed by atoms with Gasteiger partial charge >= 0.3 is 5.97 Å². The number of carboxylic acid groups (broad SMARTS) is 1. The van der Waals surface area contributed by atoms with Crippen LogP contribution in [0.2, 0.25) is 0 Å². The zero-order valence-corrected chi connectivity index (χ0v) is 10.2. The number of methoxy groups -OCH3 is 1. The number of aromatic nitrogens is 2. The summed E-state index contributed by atoms with van der Waals surface area (Å²) in [6.45, 7) is 2.69. The van der Waals surface area contributed by atoms with Crippen molar-refractivity contribution in [1.82, 2.24) is 10.2 Å². The minimum Gasteiger partial charge on any atom is -0.481 e. The van der Waals surface area contributed by atoms with Gasteiger partial charge in [-0.25, -0.2) is 0 Å². The Bertz CT molecular complexity index is 351. The monoisotopic (exact) mass is 242 g/mol. The van der Waals surface area contributed by atoms with Crippen LogP contribution in [0.3, 0.4) is 0 Å². The van der Waals surface area contributed by atoms with Crippen LogP contribution in [0.4, 0.5) is 0 Å². The number of ether oxygens (including phenoxy) is 1. The van der Waals surface area contributed by atoms with Gasteiger partial charge in [-0.2, -0.15) is 0 Å². The van der Waals surface area contributed by atoms with Gasteiger partial charge in [-0.15, -0.1) is 10.2 Å². The van der Waals surface area contributed by atoms with Crippen molar-refractivity contribution in [2.24, 2.45) is 5.92 Å². The van der Waals surface area contributed by atoms with E-state index in [0.717, 1.165) is 0 Å². The maximum atomic E-state index is 10.3. The molecule has 6 heteroatoms. The van der Waals surface area contributed by atoms with Crippen molar-refractivity contribution in [3.8, 4) is 0 Å². The van der Waals surface area contributed by atoms with Crippen molar-refractivity contribution in [3.05, 3.63) is 11.8 Å². The Morgan fingerprint density at radius 3 is 2.82 bits per heavy atom. The predicted octanol–water partition coefficient (Wildman–Crippen LogP) is 1.30. The van der Waals surface area contributed by atoms with Gasteiger partial charge in [0.15, 0.2) is 0 Å². The fourth-order valence-corrected chi connectivity index (χ4v) is 1.50. The highest BCUT2D eigenvalue weighted by Crippen LogP contribution is 2.09. The molecule has 0 spiro atoms. The molecule has 1 aromatic heterocycles. The Labute approximate surface area is 100.0 Å². The Kier molecular flexibility index (Phi) is 5.62. The summed E-state index contributed by atoms with van der Waals surface area (Å²) in [6, 6.07) is 0. The van der Waals surface area contributed by atoms with E-state index in [1.54, 1.807) is 7.11 Å². The Hall–Kier alpha value is -1.43. The standard InChI is InChI=1S/C11H18N2O4/c1-8(7-16-2)6-10-13-12-9(17-10)4-3-5-11(14)15/h8H,3-7H2,1-2H3,(H,14,15). The zero-order chi connectivity index (χ0) is 12.7. The third kappa shape index (κ3) is 5.44. The molecular formula is C11H18N2O4. The second-order valence-electron chi connectivity index (χ2n) is 4.10. The number of aryl methyl sites for hydroxylation is 1. The number of rotatable bonds is 8. The molecule has 0 bridgehead atoms. The van der Waals surface area contributed by atoms with Crippen molar-refractivity contribution < 1.29 is 19.1 Å². The van der Waals surface area contributed by atoms with Gasteiger partial charge in [0, 0.05) is 33.0 Å². The van der Waals surface area contributed by atoms with Crippen LogP contribution in [-0.2, 0) is 22.4 Å². The van der Waals surface area contributed by atoms with Crippen LogP contribution < -0.4 is 0 Å². The van der Waals surface area contributed by atoms with E-state index in [1.807, 2.05) is 6.92 Å². The smallest absolute Gasteiger partial charge is 0.303 e. The molecule has 0 aromatic carbocycles. The van der Waals surface area contributed by atoms with Gasteiger partial charge < -0.3 is 14.3 Å². The molecule has 0 fully saturated rings. The van der Waals surface area contributed by atoms with Gasteiger partial charge in [0.1, 0.15) is 0 Å². The highest BCUT2D eigenvalue weighted by molar-refractivity contribution is 5.66. The second-order valence-corrected chi connectivity index (χ2v) is 4.10. The lowest BCUT2D eigenvalue weighted by atomic mass is 10.1. The topological polar surface area (TPSA) is 85.5 Å². The number of nitrogens with zero attached hydrogens (tertiary/aromatic N) is 2. The molecule has 1 N–H and O–H groups in total. The molecule has 1 unspecified atom stereocenters. The average Bonchev–Trinajstić information content (AvgIpc) is 2.65. The summed E-state index contributed by atoms with van der Waals surface area (Å²) < 4.78 is 10.4. The molecule has 1 atom stereocenters. The minimum absolute atomic E-state index is 0.123. The van der Waals surface area contributed by atoms with E-state index in [9.17, 15) is 4.79 Å². The first-order chi connectivity index (χ1) is 8.11. The van der Waals surface area contributed by atoms with E-state index in [4.69, 9.17) is 14.3 Å². The third-order valence-electron chi connectivity index (χ3n) is 2.26. The summed E-state index contributed by atoms with van der Waals surface area (Å²) in [5, 5.41) is 16.3. The highest BCUT2D eigenvalue weighted by Gasteiger charge is 2.10. The maximum Gasteiger partial charge on any atom is 0.303 e. The molecule has 1 aromatic rings. The largest absolute Gasteiger partial charge is 0.481 e. The Morgan fingerprint density at radius 1 is 1.47 bits per heavy atom. The summed E-state index contributed by atoms with van der Waals surface area (Å²) in [6.07, 6.45) is 1.83. The summed E-state index contributed by atoms with van der Waals surface area (Å²) >= 11 is 0. The first kappa shape index (κ1) is 13.6. The van der Waals surface area contributed by atoms with Crippen LogP contribution in [0.5, 0.6) is 0 Å². The van der Waals surface area contributed by atoms with Crippen molar-refractivity contribution in [3.63, 3.8) is 0 Å². The number of carbonyl (C=O) groups is 1. The molecule has 17 heavy (non-hydrogen) atoms. The number of carboxylic acids is 1. The van der Waals surface area contributed by atoms with E-state index >= 15 is 0 Å². The summed E-state index contributed by atoms with van der Waals surface area (Å²) in [7, 11) is 1.65. The average molecular weight is 242 g/mol. The van der Waals surface area contributed by atoms with E-state index in [1.165, 1.54) is 0 Å². The highest BCUT2D eigenvalue weighted by atomic mass is 16.5. The Balaban J connectivity index is 2.34. The summed E-state index contributed by atoms with van der Waals surface area (Å²) in [5.74, 6) is 0.608. The molecule has 0 radical (unpaired) electrons. The molecule has 0 aliphatic carbocycles. The van der Waals surface area contributed by atoms with Crippen molar-refractivity contribution in [1.29, 1.82) is 0 Å². The van der Waals surface area contributed by atoms with Crippen LogP contribution in [0.25, 0.3) is 0 Å². The number of hydrogen-bond donors (Lipinski definition) is 1. The van der Waals surface area contributed by atoms with Crippen LogP contribution in [0.1, 0.15) is 31.5 Å². The van der Waals surface area contributed by atoms with Gasteiger partial charge in [-0.3, -0.25) is 4.79 Å². The molecule has 0 aliphatic heterocycles. The molecule has 96 valence electrons. The molecule has 0 amide bonds.